The fourth-order valence-electron chi connectivity index (χ4n) is 1.76. The van der Waals surface area contributed by atoms with E-state index < -0.39 is 11.8 Å². The molecule has 0 saturated carbocycles. The molecular weight excluding hydrogens is 220 g/mol. The van der Waals surface area contributed by atoms with Crippen LogP contribution in [0.5, 0.6) is 11.5 Å². The Hall–Kier alpha value is -1.97. The molecule has 0 fully saturated rings. The Bertz CT molecular complexity index is 488. The molecule has 0 radical (unpaired) electrons. The van der Waals surface area contributed by atoms with Gasteiger partial charge in [-0.15, -0.1) is 0 Å². The largest absolute Gasteiger partial charge is 0.496 e. The summed E-state index contributed by atoms with van der Waals surface area (Å²) >= 11 is 0. The van der Waals surface area contributed by atoms with Crippen molar-refractivity contribution in [1.82, 2.24) is 0 Å². The predicted octanol–water partition coefficient (Wildman–Crippen LogP) is 2.62. The first-order valence-electron chi connectivity index (χ1n) is 5.24. The summed E-state index contributed by atoms with van der Waals surface area (Å²) in [6, 6.07) is 3.48. The lowest BCUT2D eigenvalue weighted by molar-refractivity contribution is -0.127. The molecule has 0 amide bonds. The Balaban J connectivity index is 2.67. The summed E-state index contributed by atoms with van der Waals surface area (Å²) in [4.78, 5) is 11.9. The second-order valence-corrected chi connectivity index (χ2v) is 4.16. The van der Waals surface area contributed by atoms with Crippen molar-refractivity contribution in [1.29, 1.82) is 0 Å². The molecule has 0 aromatic heterocycles. The highest BCUT2D eigenvalue weighted by atomic mass is 16.7. The molecule has 1 heterocycles. The number of benzene rings is 1. The summed E-state index contributed by atoms with van der Waals surface area (Å²) in [6.45, 7) is 7.06. The first kappa shape index (κ1) is 11.5. The van der Waals surface area contributed by atoms with Crippen LogP contribution in [0.4, 0.5) is 0 Å². The van der Waals surface area contributed by atoms with Crippen molar-refractivity contribution in [3.63, 3.8) is 0 Å². The zero-order chi connectivity index (χ0) is 12.6. The first-order chi connectivity index (χ1) is 7.98. The van der Waals surface area contributed by atoms with Gasteiger partial charge in [0.15, 0.2) is 0 Å². The smallest absolute Gasteiger partial charge is 0.349 e. The predicted molar refractivity (Wildman–Crippen MR) is 63.2 cm³/mol. The Kier molecular flexibility index (Phi) is 2.58. The quantitative estimate of drug-likeness (QED) is 0.738. The van der Waals surface area contributed by atoms with E-state index in [4.69, 9.17) is 14.2 Å². The van der Waals surface area contributed by atoms with E-state index in [1.54, 1.807) is 32.1 Å². The molecule has 1 aromatic carbocycles. The Morgan fingerprint density at radius 3 is 2.65 bits per heavy atom. The molecule has 1 aliphatic rings. The lowest BCUT2D eigenvalue weighted by Gasteiger charge is -2.33. The molecule has 4 nitrogen and oxygen atoms in total. The van der Waals surface area contributed by atoms with Gasteiger partial charge >= 0.3 is 5.97 Å². The lowest BCUT2D eigenvalue weighted by Crippen LogP contribution is -2.39. The maximum atomic E-state index is 11.9. The van der Waals surface area contributed by atoms with Crippen molar-refractivity contribution in [3.05, 3.63) is 29.8 Å². The molecule has 0 N–H and O–H groups in total. The van der Waals surface area contributed by atoms with E-state index in [2.05, 4.69) is 6.58 Å². The number of hydrogen-bond donors (Lipinski definition) is 0. The minimum Gasteiger partial charge on any atom is -0.496 e. The Morgan fingerprint density at radius 2 is 2.06 bits per heavy atom. The fourth-order valence-corrected chi connectivity index (χ4v) is 1.76. The molecule has 1 aliphatic heterocycles. The van der Waals surface area contributed by atoms with E-state index in [1.165, 1.54) is 7.11 Å². The number of rotatable bonds is 2. The summed E-state index contributed by atoms with van der Waals surface area (Å²) in [5, 5.41) is 0. The zero-order valence-corrected chi connectivity index (χ0v) is 10.1. The van der Waals surface area contributed by atoms with Crippen LogP contribution in [-0.2, 0) is 4.74 Å². The summed E-state index contributed by atoms with van der Waals surface area (Å²) < 4.78 is 16.0. The molecule has 90 valence electrons. The van der Waals surface area contributed by atoms with Gasteiger partial charge in [0.2, 0.25) is 5.79 Å². The third kappa shape index (κ3) is 1.86. The molecule has 2 rings (SSSR count). The molecule has 4 heteroatoms. The van der Waals surface area contributed by atoms with Gasteiger partial charge in [-0.2, -0.15) is 0 Å². The number of cyclic esters (lactones) is 1. The van der Waals surface area contributed by atoms with Gasteiger partial charge in [-0.05, 0) is 12.1 Å². The van der Waals surface area contributed by atoms with Gasteiger partial charge < -0.3 is 14.2 Å². The third-order valence-electron chi connectivity index (χ3n) is 2.48. The number of ether oxygens (including phenoxy) is 3. The van der Waals surface area contributed by atoms with Crippen molar-refractivity contribution < 1.29 is 19.0 Å². The molecule has 0 saturated heterocycles. The summed E-state index contributed by atoms with van der Waals surface area (Å²) in [5.41, 5.74) is 1.05. The summed E-state index contributed by atoms with van der Waals surface area (Å²) in [6.07, 6.45) is 1.63. The van der Waals surface area contributed by atoms with Crippen LogP contribution in [0, 0.1) is 0 Å². The van der Waals surface area contributed by atoms with Gasteiger partial charge in [-0.3, -0.25) is 0 Å². The molecule has 0 bridgehead atoms. The minimum absolute atomic E-state index is 0.309. The Morgan fingerprint density at radius 1 is 1.35 bits per heavy atom. The van der Waals surface area contributed by atoms with Crippen LogP contribution < -0.4 is 9.47 Å². The highest BCUT2D eigenvalue weighted by Gasteiger charge is 2.37. The third-order valence-corrected chi connectivity index (χ3v) is 2.48. The normalized spacial score (nSPS) is 16.5. The minimum atomic E-state index is -0.978. The second kappa shape index (κ2) is 3.80. The van der Waals surface area contributed by atoms with E-state index in [-0.39, 0.29) is 0 Å². The van der Waals surface area contributed by atoms with E-state index in [1.807, 2.05) is 0 Å². The second-order valence-electron chi connectivity index (χ2n) is 4.16. The number of methoxy groups -OCH3 is 1. The van der Waals surface area contributed by atoms with Crippen LogP contribution >= 0.6 is 0 Å². The van der Waals surface area contributed by atoms with Crippen LogP contribution in [0.2, 0.25) is 0 Å². The number of carbonyl (C=O) groups excluding carboxylic acids is 1. The fraction of sp³-hybridized carbons (Fsp3) is 0.308. The van der Waals surface area contributed by atoms with E-state index >= 15 is 0 Å². The molecule has 0 atom stereocenters. The summed E-state index contributed by atoms with van der Waals surface area (Å²) in [7, 11) is 1.50. The number of esters is 1. The highest BCUT2D eigenvalue weighted by Crippen LogP contribution is 2.39. The standard InChI is InChI=1S/C13H14O4/c1-5-8-6-7-9(15-4)10-11(8)16-13(2,3)17-12(10)14/h5-7H,1H2,2-4H3. The Labute approximate surface area is 99.8 Å². The molecular formula is C13H14O4. The monoisotopic (exact) mass is 234 g/mol. The topological polar surface area (TPSA) is 44.8 Å². The lowest BCUT2D eigenvalue weighted by atomic mass is 10.1. The average molecular weight is 234 g/mol. The van der Waals surface area contributed by atoms with E-state index in [0.717, 1.165) is 5.56 Å². The zero-order valence-electron chi connectivity index (χ0n) is 10.1. The van der Waals surface area contributed by atoms with Crippen LogP contribution in [0.3, 0.4) is 0 Å². The van der Waals surface area contributed by atoms with Crippen LogP contribution in [0.1, 0.15) is 29.8 Å². The van der Waals surface area contributed by atoms with Crippen LogP contribution in [0.15, 0.2) is 18.7 Å². The van der Waals surface area contributed by atoms with Crippen molar-refractivity contribution in [3.8, 4) is 11.5 Å². The van der Waals surface area contributed by atoms with Gasteiger partial charge in [-0.1, -0.05) is 12.7 Å². The number of fused-ring (bicyclic) bond motifs is 1. The molecule has 0 unspecified atom stereocenters. The SMILES string of the molecule is C=Cc1ccc(OC)c2c1OC(C)(C)OC2=O. The molecule has 1 aromatic rings. The highest BCUT2D eigenvalue weighted by molar-refractivity contribution is 5.98. The van der Waals surface area contributed by atoms with Crippen molar-refractivity contribution in [2.75, 3.05) is 7.11 Å². The maximum absolute atomic E-state index is 11.9. The van der Waals surface area contributed by atoms with Crippen LogP contribution in [0.25, 0.3) is 6.08 Å². The van der Waals surface area contributed by atoms with E-state index in [9.17, 15) is 4.79 Å². The van der Waals surface area contributed by atoms with Gasteiger partial charge in [0.1, 0.15) is 17.1 Å². The van der Waals surface area contributed by atoms with Gasteiger partial charge in [0.25, 0.3) is 0 Å². The van der Waals surface area contributed by atoms with Crippen molar-refractivity contribution in [2.24, 2.45) is 0 Å². The van der Waals surface area contributed by atoms with Gasteiger partial charge in [0.05, 0.1) is 7.11 Å². The average Bonchev–Trinajstić information content (AvgIpc) is 2.25. The van der Waals surface area contributed by atoms with Crippen molar-refractivity contribution >= 4 is 12.0 Å². The van der Waals surface area contributed by atoms with Gasteiger partial charge in [-0.25, -0.2) is 4.79 Å². The number of carbonyl (C=O) groups is 1. The summed E-state index contributed by atoms with van der Waals surface area (Å²) in [5.74, 6) is -0.530. The molecule has 17 heavy (non-hydrogen) atoms. The first-order valence-corrected chi connectivity index (χ1v) is 5.24. The van der Waals surface area contributed by atoms with E-state index in [0.29, 0.717) is 17.1 Å². The molecule has 0 aliphatic carbocycles. The van der Waals surface area contributed by atoms with Gasteiger partial charge in [0, 0.05) is 19.4 Å². The van der Waals surface area contributed by atoms with Crippen LogP contribution in [-0.4, -0.2) is 18.9 Å². The van der Waals surface area contributed by atoms with Crippen molar-refractivity contribution in [2.45, 2.75) is 19.6 Å². The maximum Gasteiger partial charge on any atom is 0.349 e. The number of hydrogen-bond acceptors (Lipinski definition) is 4. The molecule has 0 spiro atoms.